The maximum Gasteiger partial charge on any atom is 0.419 e. The van der Waals surface area contributed by atoms with Crippen LogP contribution in [-0.2, 0) is 0 Å². The molecule has 0 radical (unpaired) electrons. The third kappa shape index (κ3) is 3.49. The van der Waals surface area contributed by atoms with Crippen molar-refractivity contribution in [3.05, 3.63) is 75.1 Å². The van der Waals surface area contributed by atoms with Crippen LogP contribution in [0.4, 0.5) is 28.9 Å². The molecule has 0 spiro atoms. The number of aliphatic hydroxyl groups is 1. The fourth-order valence-electron chi connectivity index (χ4n) is 4.58. The number of halogens is 4. The predicted molar refractivity (Wildman–Crippen MR) is 114 cm³/mol. The molecule has 4 N–H and O–H groups in total. The second-order valence-electron chi connectivity index (χ2n) is 8.07. The van der Waals surface area contributed by atoms with Gasteiger partial charge in [0.05, 0.1) is 18.1 Å². The quantitative estimate of drug-likeness (QED) is 0.316. The summed E-state index contributed by atoms with van der Waals surface area (Å²) >= 11 is 0. The van der Waals surface area contributed by atoms with Gasteiger partial charge in [-0.1, -0.05) is 13.0 Å². The first kappa shape index (κ1) is 22.6. The first-order valence-corrected chi connectivity index (χ1v) is 10.1. The number of pyridine rings is 1. The minimum Gasteiger partial charge on any atom is -0.519 e. The summed E-state index contributed by atoms with van der Waals surface area (Å²) in [5.41, 5.74) is -4.15. The molecule has 1 aliphatic rings. The fourth-order valence-corrected chi connectivity index (χ4v) is 4.58. The molecule has 0 aliphatic heterocycles. The van der Waals surface area contributed by atoms with Crippen LogP contribution in [0.25, 0.3) is 15.7 Å². The average molecular weight is 461 g/mol. The second kappa shape index (κ2) is 7.78. The molecule has 3 atom stereocenters. The lowest BCUT2D eigenvalue weighted by atomic mass is 9.69. The molecule has 0 saturated heterocycles. The topological polar surface area (TPSA) is 89.7 Å². The second-order valence-corrected chi connectivity index (χ2v) is 8.07. The Morgan fingerprint density at radius 3 is 2.67 bits per heavy atom. The molecule has 0 saturated carbocycles. The van der Waals surface area contributed by atoms with E-state index in [1.807, 2.05) is 0 Å². The van der Waals surface area contributed by atoms with Gasteiger partial charge < -0.3 is 20.5 Å². The van der Waals surface area contributed by atoms with Gasteiger partial charge in [-0.2, -0.15) is 13.2 Å². The lowest BCUT2D eigenvalue weighted by molar-refractivity contribution is -0.272. The molecule has 1 aromatic heterocycles. The van der Waals surface area contributed by atoms with Crippen molar-refractivity contribution in [3.63, 3.8) is 0 Å². The Morgan fingerprint density at radius 2 is 2.03 bits per heavy atom. The molecule has 0 bridgehead atoms. The van der Waals surface area contributed by atoms with Crippen molar-refractivity contribution in [3.8, 4) is 5.75 Å². The van der Waals surface area contributed by atoms with Crippen molar-refractivity contribution in [1.82, 2.24) is 4.98 Å². The minimum atomic E-state index is -5.10. The van der Waals surface area contributed by atoms with E-state index >= 15 is 0 Å². The molecule has 33 heavy (non-hydrogen) atoms. The molecule has 4 rings (SSSR count). The smallest absolute Gasteiger partial charge is 0.419 e. The number of aromatic nitrogens is 1. The average Bonchev–Trinajstić information content (AvgIpc) is 2.74. The molecule has 0 unspecified atom stereocenters. The zero-order chi connectivity index (χ0) is 24.1. The number of nitrogens with one attached hydrogen (secondary N) is 2. The Balaban J connectivity index is 1.99. The molecule has 10 heteroatoms. The zero-order valence-electron chi connectivity index (χ0n) is 17.3. The molecule has 1 heterocycles. The highest BCUT2D eigenvalue weighted by atomic mass is 19.4. The highest BCUT2D eigenvalue weighted by Crippen LogP contribution is 2.56. The third-order valence-corrected chi connectivity index (χ3v) is 6.21. The monoisotopic (exact) mass is 461 g/mol. The van der Waals surface area contributed by atoms with Gasteiger partial charge in [0.25, 0.3) is 5.69 Å². The lowest BCUT2D eigenvalue weighted by Crippen LogP contribution is -2.55. The van der Waals surface area contributed by atoms with Crippen LogP contribution in [0.1, 0.15) is 42.9 Å². The fraction of sp³-hybridized carbons (Fsp3) is 0.304. The Kier molecular flexibility index (Phi) is 5.33. The van der Waals surface area contributed by atoms with E-state index in [4.69, 9.17) is 6.57 Å². The summed E-state index contributed by atoms with van der Waals surface area (Å²) in [6.45, 7) is 8.71. The van der Waals surface area contributed by atoms with Gasteiger partial charge in [-0.05, 0) is 54.2 Å². The number of hydrogen-bond donors (Lipinski definition) is 4. The van der Waals surface area contributed by atoms with Crippen molar-refractivity contribution in [2.24, 2.45) is 0 Å². The van der Waals surface area contributed by atoms with Gasteiger partial charge in [-0.15, -0.1) is 0 Å². The Bertz CT molecular complexity index is 1350. The maximum atomic E-state index is 14.6. The van der Waals surface area contributed by atoms with Gasteiger partial charge in [0.15, 0.2) is 5.60 Å². The lowest BCUT2D eigenvalue weighted by Gasteiger charge is -2.46. The number of hydrogen-bond acceptors (Lipinski definition) is 4. The van der Waals surface area contributed by atoms with E-state index in [2.05, 4.69) is 15.1 Å². The third-order valence-electron chi connectivity index (χ3n) is 6.21. The zero-order valence-corrected chi connectivity index (χ0v) is 17.3. The van der Waals surface area contributed by atoms with Crippen LogP contribution in [0.2, 0.25) is 0 Å². The first-order chi connectivity index (χ1) is 15.5. The van der Waals surface area contributed by atoms with Crippen molar-refractivity contribution in [2.75, 3.05) is 5.32 Å². The highest BCUT2D eigenvalue weighted by molar-refractivity contribution is 5.91. The molecular formula is C23H19F4N3O3. The summed E-state index contributed by atoms with van der Waals surface area (Å²) in [7, 11) is 0. The van der Waals surface area contributed by atoms with E-state index in [1.54, 1.807) is 13.0 Å². The number of benzene rings is 2. The molecule has 0 amide bonds. The van der Waals surface area contributed by atoms with Crippen molar-refractivity contribution >= 4 is 22.3 Å². The van der Waals surface area contributed by atoms with Crippen LogP contribution in [0.5, 0.6) is 5.75 Å². The molecular weight excluding hydrogens is 442 g/mol. The number of alkyl halides is 3. The number of H-pyrrole nitrogens is 1. The number of fused-ring (bicyclic) bond motifs is 2. The molecule has 2 aromatic carbocycles. The van der Waals surface area contributed by atoms with E-state index in [0.717, 1.165) is 6.07 Å². The van der Waals surface area contributed by atoms with E-state index < -0.39 is 53.0 Å². The largest absolute Gasteiger partial charge is 0.519 e. The normalized spacial score (nSPS) is 22.6. The number of phenols is 1. The van der Waals surface area contributed by atoms with Gasteiger partial charge in [-0.3, -0.25) is 4.79 Å². The van der Waals surface area contributed by atoms with Crippen LogP contribution < -0.4 is 10.9 Å². The maximum absolute atomic E-state index is 14.6. The number of aromatic amines is 1. The van der Waals surface area contributed by atoms with E-state index in [9.17, 15) is 32.6 Å². The van der Waals surface area contributed by atoms with Crippen LogP contribution >= 0.6 is 0 Å². The van der Waals surface area contributed by atoms with E-state index in [0.29, 0.717) is 10.9 Å². The molecule has 3 aromatic rings. The van der Waals surface area contributed by atoms with Crippen molar-refractivity contribution in [2.45, 2.75) is 43.5 Å². The number of nitrogens with zero attached hydrogens (tertiary/aromatic N) is 1. The van der Waals surface area contributed by atoms with Crippen molar-refractivity contribution < 1.29 is 27.8 Å². The summed E-state index contributed by atoms with van der Waals surface area (Å²) in [6, 6.07) is 6.03. The van der Waals surface area contributed by atoms with Gasteiger partial charge in [0.1, 0.15) is 11.6 Å². The number of anilines is 1. The van der Waals surface area contributed by atoms with Gasteiger partial charge >= 0.3 is 6.18 Å². The highest BCUT2D eigenvalue weighted by Gasteiger charge is 2.62. The number of phenolic OH excluding ortho intramolecular Hbond substituents is 1. The SMILES string of the molecule is [C-]#[N+]c1c(F)cc2c(c1O)[C@H](CC)C[C@](O)(C(F)(F)F)[C@H]2Nc1cccc2[nH]c(=O)ccc12. The standard InChI is InChI=1S/C23H19F4N3O3/c1-3-11-10-22(33,23(25,26)27)21(13-9-14(24)19(28-2)20(32)18(11)13)30-16-6-4-5-15-12(16)7-8-17(31)29-15/h4-9,11,21,30,32-33H,3,10H2,1H3,(H,29,31)/t11-,21+,22-/m1/s1. The number of rotatable bonds is 3. The molecule has 1 aliphatic carbocycles. The first-order valence-electron chi connectivity index (χ1n) is 10.1. The van der Waals surface area contributed by atoms with Gasteiger partial charge in [0.2, 0.25) is 5.56 Å². The Labute approximate surface area is 185 Å². The van der Waals surface area contributed by atoms with Crippen molar-refractivity contribution in [1.29, 1.82) is 0 Å². The molecule has 0 fully saturated rings. The summed E-state index contributed by atoms with van der Waals surface area (Å²) < 4.78 is 57.4. The van der Waals surface area contributed by atoms with Crippen LogP contribution in [-0.4, -0.2) is 27.0 Å². The van der Waals surface area contributed by atoms with Crippen LogP contribution in [0.3, 0.4) is 0 Å². The van der Waals surface area contributed by atoms with Gasteiger partial charge in [0, 0.05) is 17.1 Å². The predicted octanol–water partition coefficient (Wildman–Crippen LogP) is 5.27. The Morgan fingerprint density at radius 1 is 1.30 bits per heavy atom. The van der Waals surface area contributed by atoms with E-state index in [-0.39, 0.29) is 23.2 Å². The minimum absolute atomic E-state index is 0.00460. The summed E-state index contributed by atoms with van der Waals surface area (Å²) in [6.07, 6.45) is -5.78. The Hall–Kier alpha value is -3.58. The summed E-state index contributed by atoms with van der Waals surface area (Å²) in [5.74, 6) is -2.86. The summed E-state index contributed by atoms with van der Waals surface area (Å²) in [5, 5.41) is 24.6. The number of aromatic hydroxyl groups is 1. The van der Waals surface area contributed by atoms with Gasteiger partial charge in [-0.25, -0.2) is 9.24 Å². The van der Waals surface area contributed by atoms with Crippen LogP contribution in [0, 0.1) is 12.4 Å². The molecule has 172 valence electrons. The van der Waals surface area contributed by atoms with Crippen LogP contribution in [0.15, 0.2) is 41.2 Å². The molecule has 6 nitrogen and oxygen atoms in total. The van der Waals surface area contributed by atoms with E-state index in [1.165, 1.54) is 24.3 Å². The summed E-state index contributed by atoms with van der Waals surface area (Å²) in [4.78, 5) is 17.2.